The molecule has 0 saturated carbocycles. The van der Waals surface area contributed by atoms with Gasteiger partial charge in [-0.15, -0.1) is 0 Å². The van der Waals surface area contributed by atoms with Crippen LogP contribution >= 0.6 is 38.5 Å². The summed E-state index contributed by atoms with van der Waals surface area (Å²) in [4.78, 5) is 0. The van der Waals surface area contributed by atoms with E-state index in [1.54, 1.807) is 17.8 Å². The van der Waals surface area contributed by atoms with E-state index < -0.39 is 6.10 Å². The molecular weight excluding hydrogens is 383 g/mol. The third-order valence-electron chi connectivity index (χ3n) is 2.25. The van der Waals surface area contributed by atoms with E-state index in [4.69, 9.17) is 0 Å². The van der Waals surface area contributed by atoms with Gasteiger partial charge in [-0.1, -0.05) is 22.0 Å². The highest BCUT2D eigenvalue weighted by atomic mass is 127. The minimum Gasteiger partial charge on any atom is -0.389 e. The van der Waals surface area contributed by atoms with Gasteiger partial charge >= 0.3 is 0 Å². The fraction of sp³-hybridized carbons (Fsp3) is 0.182. The molecule has 2 rings (SSSR count). The quantitative estimate of drug-likeness (QED) is 0.796. The number of aromatic nitrogens is 2. The van der Waals surface area contributed by atoms with Crippen molar-refractivity contribution in [3.8, 4) is 5.69 Å². The SMILES string of the molecule is C[C@@H](O)c1ccc(-n2cc(I)cn2)cc1Br. The maximum Gasteiger partial charge on any atom is 0.0772 e. The highest BCUT2D eigenvalue weighted by molar-refractivity contribution is 14.1. The zero-order chi connectivity index (χ0) is 11.7. The molecule has 0 unspecified atom stereocenters. The lowest BCUT2D eigenvalue weighted by atomic mass is 10.1. The van der Waals surface area contributed by atoms with Crippen LogP contribution in [0.15, 0.2) is 35.1 Å². The van der Waals surface area contributed by atoms with Crippen LogP contribution in [0, 0.1) is 3.57 Å². The number of hydrogen-bond acceptors (Lipinski definition) is 2. The van der Waals surface area contributed by atoms with Crippen LogP contribution < -0.4 is 0 Å². The first kappa shape index (κ1) is 12.1. The second-order valence-corrected chi connectivity index (χ2v) is 5.58. The molecule has 1 aromatic heterocycles. The minimum absolute atomic E-state index is 0.471. The number of aliphatic hydroxyl groups excluding tert-OH is 1. The number of rotatable bonds is 2. The number of nitrogens with zero attached hydrogens (tertiary/aromatic N) is 2. The maximum absolute atomic E-state index is 9.52. The highest BCUT2D eigenvalue weighted by Crippen LogP contribution is 2.25. The Morgan fingerprint density at radius 2 is 2.25 bits per heavy atom. The Balaban J connectivity index is 2.42. The van der Waals surface area contributed by atoms with E-state index in [0.29, 0.717) is 0 Å². The molecule has 0 aliphatic carbocycles. The summed E-state index contributed by atoms with van der Waals surface area (Å²) in [6.07, 6.45) is 3.28. The Labute approximate surface area is 116 Å². The van der Waals surface area contributed by atoms with Crippen molar-refractivity contribution in [2.24, 2.45) is 0 Å². The molecule has 0 radical (unpaired) electrons. The van der Waals surface area contributed by atoms with Gasteiger partial charge in [0.15, 0.2) is 0 Å². The van der Waals surface area contributed by atoms with Crippen LogP contribution in [0.3, 0.4) is 0 Å². The molecule has 3 nitrogen and oxygen atoms in total. The predicted molar refractivity (Wildman–Crippen MR) is 74.6 cm³/mol. The fourth-order valence-electron chi connectivity index (χ4n) is 1.44. The summed E-state index contributed by atoms with van der Waals surface area (Å²) in [7, 11) is 0. The van der Waals surface area contributed by atoms with Crippen molar-refractivity contribution in [1.29, 1.82) is 0 Å². The molecule has 0 saturated heterocycles. The molecule has 1 heterocycles. The van der Waals surface area contributed by atoms with Crippen LogP contribution in [-0.4, -0.2) is 14.9 Å². The Morgan fingerprint density at radius 1 is 1.50 bits per heavy atom. The Kier molecular flexibility index (Phi) is 3.66. The number of hydrogen-bond donors (Lipinski definition) is 1. The average Bonchev–Trinajstić information content (AvgIpc) is 2.64. The molecule has 0 aliphatic heterocycles. The number of benzene rings is 1. The summed E-state index contributed by atoms with van der Waals surface area (Å²) in [6.45, 7) is 1.75. The van der Waals surface area contributed by atoms with Crippen molar-refractivity contribution >= 4 is 38.5 Å². The van der Waals surface area contributed by atoms with Gasteiger partial charge in [-0.3, -0.25) is 0 Å². The standard InChI is InChI=1S/C11H10BrIN2O/c1-7(16)10-3-2-9(4-11(10)12)15-6-8(13)5-14-15/h2-7,16H,1H3/t7-/m1/s1. The first-order chi connectivity index (χ1) is 7.58. The first-order valence-electron chi connectivity index (χ1n) is 4.76. The Morgan fingerprint density at radius 3 is 2.75 bits per heavy atom. The molecule has 0 fully saturated rings. The molecule has 0 aliphatic rings. The Hall–Kier alpha value is -0.400. The zero-order valence-electron chi connectivity index (χ0n) is 8.56. The van der Waals surface area contributed by atoms with Gasteiger partial charge in [0.05, 0.1) is 21.6 Å². The molecule has 0 bridgehead atoms. The molecule has 1 aromatic carbocycles. The predicted octanol–water partition coefficient (Wildman–Crippen LogP) is 3.29. The van der Waals surface area contributed by atoms with Crippen LogP contribution in [0.1, 0.15) is 18.6 Å². The first-order valence-corrected chi connectivity index (χ1v) is 6.63. The Bertz CT molecular complexity index is 510. The lowest BCUT2D eigenvalue weighted by molar-refractivity contribution is 0.198. The maximum atomic E-state index is 9.52. The monoisotopic (exact) mass is 392 g/mol. The van der Waals surface area contributed by atoms with Gasteiger partial charge < -0.3 is 5.11 Å². The van der Waals surface area contributed by atoms with Gasteiger partial charge in [0.2, 0.25) is 0 Å². The third-order valence-corrected chi connectivity index (χ3v) is 3.49. The van der Waals surface area contributed by atoms with Gasteiger partial charge in [-0.25, -0.2) is 4.68 Å². The van der Waals surface area contributed by atoms with E-state index in [1.807, 2.05) is 24.4 Å². The molecule has 5 heteroatoms. The molecule has 0 amide bonds. The second-order valence-electron chi connectivity index (χ2n) is 3.48. The number of aliphatic hydroxyl groups is 1. The highest BCUT2D eigenvalue weighted by Gasteiger charge is 2.07. The van der Waals surface area contributed by atoms with Crippen molar-refractivity contribution in [3.63, 3.8) is 0 Å². The van der Waals surface area contributed by atoms with Crippen molar-refractivity contribution in [2.45, 2.75) is 13.0 Å². The van der Waals surface area contributed by atoms with Gasteiger partial charge in [0, 0.05) is 10.7 Å². The lowest BCUT2D eigenvalue weighted by Gasteiger charge is -2.09. The van der Waals surface area contributed by atoms with E-state index in [0.717, 1.165) is 19.3 Å². The summed E-state index contributed by atoms with van der Waals surface area (Å²) in [5.41, 5.74) is 1.85. The molecule has 2 aromatic rings. The van der Waals surface area contributed by atoms with Crippen LogP contribution in [0.5, 0.6) is 0 Å². The van der Waals surface area contributed by atoms with E-state index >= 15 is 0 Å². The lowest BCUT2D eigenvalue weighted by Crippen LogP contribution is -1.97. The van der Waals surface area contributed by atoms with E-state index in [1.165, 1.54) is 0 Å². The van der Waals surface area contributed by atoms with Gasteiger partial charge in [-0.05, 0) is 47.2 Å². The van der Waals surface area contributed by atoms with Crippen molar-refractivity contribution in [2.75, 3.05) is 0 Å². The van der Waals surface area contributed by atoms with Crippen molar-refractivity contribution in [1.82, 2.24) is 9.78 Å². The van der Waals surface area contributed by atoms with Crippen LogP contribution in [0.4, 0.5) is 0 Å². The third kappa shape index (κ3) is 2.46. The molecular formula is C11H10BrIN2O. The molecule has 84 valence electrons. The fourth-order valence-corrected chi connectivity index (χ4v) is 2.53. The van der Waals surface area contributed by atoms with Crippen LogP contribution in [0.25, 0.3) is 5.69 Å². The molecule has 0 spiro atoms. The average molecular weight is 393 g/mol. The smallest absolute Gasteiger partial charge is 0.0772 e. The summed E-state index contributed by atoms with van der Waals surface area (Å²) < 4.78 is 3.79. The van der Waals surface area contributed by atoms with Gasteiger partial charge in [0.1, 0.15) is 0 Å². The zero-order valence-corrected chi connectivity index (χ0v) is 12.3. The minimum atomic E-state index is -0.471. The topological polar surface area (TPSA) is 38.0 Å². The second kappa shape index (κ2) is 4.85. The molecule has 1 atom stereocenters. The number of halogens is 2. The van der Waals surface area contributed by atoms with E-state index in [2.05, 4.69) is 43.6 Å². The van der Waals surface area contributed by atoms with E-state index in [-0.39, 0.29) is 0 Å². The van der Waals surface area contributed by atoms with Crippen LogP contribution in [0.2, 0.25) is 0 Å². The van der Waals surface area contributed by atoms with Gasteiger partial charge in [0.25, 0.3) is 0 Å². The van der Waals surface area contributed by atoms with Crippen LogP contribution in [-0.2, 0) is 0 Å². The molecule has 16 heavy (non-hydrogen) atoms. The van der Waals surface area contributed by atoms with Gasteiger partial charge in [-0.2, -0.15) is 5.10 Å². The summed E-state index contributed by atoms with van der Waals surface area (Å²) in [5.74, 6) is 0. The largest absolute Gasteiger partial charge is 0.389 e. The normalized spacial score (nSPS) is 12.8. The van der Waals surface area contributed by atoms with Crippen molar-refractivity contribution in [3.05, 3.63) is 44.2 Å². The summed E-state index contributed by atoms with van der Waals surface area (Å²) in [5, 5.41) is 13.7. The summed E-state index contributed by atoms with van der Waals surface area (Å²) >= 11 is 5.67. The summed E-state index contributed by atoms with van der Waals surface area (Å²) in [6, 6.07) is 5.79. The molecule has 1 N–H and O–H groups in total. The van der Waals surface area contributed by atoms with Crippen molar-refractivity contribution < 1.29 is 5.11 Å². The van der Waals surface area contributed by atoms with E-state index in [9.17, 15) is 5.11 Å².